The van der Waals surface area contributed by atoms with E-state index in [1.54, 1.807) is 0 Å². The molecule has 0 N–H and O–H groups in total. The molecule has 5 aromatic carbocycles. The summed E-state index contributed by atoms with van der Waals surface area (Å²) in [5.41, 5.74) is 20.5. The maximum Gasteiger partial charge on any atom is 0.0582 e. The number of fused-ring (bicyclic) bond motifs is 11. The molecular weight excluding hydrogens is 591 g/mol. The van der Waals surface area contributed by atoms with Gasteiger partial charge < -0.3 is 4.57 Å². The van der Waals surface area contributed by atoms with Crippen LogP contribution in [0.15, 0.2) is 109 Å². The van der Waals surface area contributed by atoms with Gasteiger partial charge in [-0.3, -0.25) is 0 Å². The Bertz CT molecular complexity index is 2470. The molecule has 6 bridgehead atoms. The summed E-state index contributed by atoms with van der Waals surface area (Å²) in [6.07, 6.45) is 5.92. The molecule has 1 aromatic heterocycles. The normalized spacial score (nSPS) is 19.6. The molecule has 0 saturated heterocycles. The Morgan fingerprint density at radius 1 is 0.592 bits per heavy atom. The smallest absolute Gasteiger partial charge is 0.0582 e. The van der Waals surface area contributed by atoms with Crippen molar-refractivity contribution in [1.82, 2.24) is 4.57 Å². The number of rotatable bonds is 1. The Kier molecular flexibility index (Phi) is 6.20. The van der Waals surface area contributed by atoms with Crippen molar-refractivity contribution >= 4 is 27.4 Å². The highest BCUT2D eigenvalue weighted by molar-refractivity contribution is 6.12. The fraction of sp³-hybridized carbons (Fsp3) is 0.292. The molecule has 0 amide bonds. The lowest BCUT2D eigenvalue weighted by molar-refractivity contribution is 0.363. The van der Waals surface area contributed by atoms with Gasteiger partial charge in [-0.1, -0.05) is 120 Å². The topological polar surface area (TPSA) is 4.93 Å². The fourth-order valence-electron chi connectivity index (χ4n) is 10.5. The van der Waals surface area contributed by atoms with Crippen LogP contribution in [-0.2, 0) is 16.2 Å². The van der Waals surface area contributed by atoms with Crippen LogP contribution >= 0.6 is 0 Å². The van der Waals surface area contributed by atoms with Gasteiger partial charge in [-0.2, -0.15) is 0 Å². The molecule has 9 rings (SSSR count). The third-order valence-electron chi connectivity index (χ3n) is 13.2. The Balaban J connectivity index is 1.34. The van der Waals surface area contributed by atoms with E-state index in [-0.39, 0.29) is 16.2 Å². The lowest BCUT2D eigenvalue weighted by Crippen LogP contribution is -2.32. The Morgan fingerprint density at radius 3 is 2.10 bits per heavy atom. The summed E-state index contributed by atoms with van der Waals surface area (Å²) in [5, 5.41) is 2.66. The number of hydrogen-bond acceptors (Lipinski definition) is 0. The van der Waals surface area contributed by atoms with Crippen molar-refractivity contribution in [2.75, 3.05) is 0 Å². The first-order chi connectivity index (χ1) is 23.3. The molecule has 2 heterocycles. The number of para-hydroxylation sites is 2. The molecule has 1 atom stereocenters. The van der Waals surface area contributed by atoms with Crippen molar-refractivity contribution in [2.45, 2.75) is 85.0 Å². The van der Waals surface area contributed by atoms with Crippen LogP contribution < -0.4 is 0 Å². The second-order valence-corrected chi connectivity index (χ2v) is 16.7. The van der Waals surface area contributed by atoms with Crippen molar-refractivity contribution < 1.29 is 0 Å². The van der Waals surface area contributed by atoms with Crippen LogP contribution in [0.25, 0.3) is 44.2 Å². The minimum absolute atomic E-state index is 0.0130. The lowest BCUT2D eigenvalue weighted by Gasteiger charge is -2.39. The van der Waals surface area contributed by atoms with Gasteiger partial charge in [-0.05, 0) is 130 Å². The fourth-order valence-corrected chi connectivity index (χ4v) is 10.5. The molecule has 244 valence electrons. The molecule has 0 spiro atoms. The van der Waals surface area contributed by atoms with Crippen LogP contribution in [0.5, 0.6) is 0 Å². The van der Waals surface area contributed by atoms with E-state index < -0.39 is 0 Å². The Morgan fingerprint density at radius 2 is 1.29 bits per heavy atom. The molecule has 0 radical (unpaired) electrons. The van der Waals surface area contributed by atoms with Crippen LogP contribution in [0.4, 0.5) is 0 Å². The van der Waals surface area contributed by atoms with Crippen LogP contribution in [0.2, 0.25) is 0 Å². The molecule has 0 saturated carbocycles. The minimum Gasteiger partial charge on any atom is -0.309 e. The van der Waals surface area contributed by atoms with Crippen LogP contribution in [0, 0.1) is 19.8 Å². The molecule has 3 aliphatic rings. The SMILES string of the molecule is CC1=C2C=CCC1C(C)(C)c1cccc(c1C)C(C)(C)c1cc(-c3ccc4c(c3)c3cccc5c3n4-c3ccccc3C5(C)C)cc2c1C. The average molecular weight is 638 g/mol. The van der Waals surface area contributed by atoms with E-state index in [0.717, 1.165) is 6.42 Å². The van der Waals surface area contributed by atoms with E-state index in [1.165, 1.54) is 94.3 Å². The van der Waals surface area contributed by atoms with Crippen molar-refractivity contribution in [1.29, 1.82) is 0 Å². The highest BCUT2D eigenvalue weighted by atomic mass is 15.0. The summed E-state index contributed by atoms with van der Waals surface area (Å²) in [5.74, 6) is 0.437. The summed E-state index contributed by atoms with van der Waals surface area (Å²) in [4.78, 5) is 0. The summed E-state index contributed by atoms with van der Waals surface area (Å²) < 4.78 is 2.52. The van der Waals surface area contributed by atoms with Gasteiger partial charge in [-0.25, -0.2) is 0 Å². The molecule has 2 aliphatic carbocycles. The molecule has 49 heavy (non-hydrogen) atoms. The predicted octanol–water partition coefficient (Wildman–Crippen LogP) is 12.7. The minimum atomic E-state index is -0.176. The zero-order valence-electron chi connectivity index (χ0n) is 30.5. The van der Waals surface area contributed by atoms with Crippen LogP contribution in [-0.4, -0.2) is 4.57 Å². The van der Waals surface area contributed by atoms with E-state index in [9.17, 15) is 0 Å². The third-order valence-corrected chi connectivity index (χ3v) is 13.2. The number of benzene rings is 5. The number of nitrogens with zero attached hydrogens (tertiary/aromatic N) is 1. The third kappa shape index (κ3) is 3.94. The molecule has 0 fully saturated rings. The predicted molar refractivity (Wildman–Crippen MR) is 209 cm³/mol. The van der Waals surface area contributed by atoms with Crippen molar-refractivity contribution in [3.05, 3.63) is 153 Å². The van der Waals surface area contributed by atoms with Crippen LogP contribution in [0.3, 0.4) is 0 Å². The van der Waals surface area contributed by atoms with Gasteiger partial charge >= 0.3 is 0 Å². The first-order valence-electron chi connectivity index (χ1n) is 18.1. The molecule has 1 nitrogen and oxygen atoms in total. The summed E-state index contributed by atoms with van der Waals surface area (Å²) >= 11 is 0. The average Bonchev–Trinajstić information content (AvgIpc) is 3.41. The largest absolute Gasteiger partial charge is 0.309 e. The summed E-state index contributed by atoms with van der Waals surface area (Å²) in [6.45, 7) is 21.7. The molecule has 1 heteroatoms. The van der Waals surface area contributed by atoms with Gasteiger partial charge in [-0.15, -0.1) is 0 Å². The van der Waals surface area contributed by atoms with Gasteiger partial charge in [0.25, 0.3) is 0 Å². The standard InChI is InChI=1S/C48H47N/c1-28-33-15-12-18-37(28)46(4,5)38-19-14-20-39(30(38)3)47(6,7)42-27-32(26-35(33)29(42)2)31-23-24-43-36(25-31)34-16-13-21-41-45(34)49(43)44-22-11-10-17-40(44)48(41,8)9/h10-17,19-27,37H,18H2,1-9H3. The van der Waals surface area contributed by atoms with E-state index in [0.29, 0.717) is 5.92 Å². The monoisotopic (exact) mass is 637 g/mol. The van der Waals surface area contributed by atoms with Crippen molar-refractivity contribution in [2.24, 2.45) is 5.92 Å². The van der Waals surface area contributed by atoms with E-state index >= 15 is 0 Å². The maximum atomic E-state index is 2.52. The maximum absolute atomic E-state index is 2.52. The van der Waals surface area contributed by atoms with E-state index in [4.69, 9.17) is 0 Å². The number of allylic oxidation sites excluding steroid dienone is 4. The van der Waals surface area contributed by atoms with Crippen molar-refractivity contribution in [3.63, 3.8) is 0 Å². The summed E-state index contributed by atoms with van der Waals surface area (Å²) in [7, 11) is 0. The lowest BCUT2D eigenvalue weighted by atomic mass is 9.64. The molecule has 1 unspecified atom stereocenters. The highest BCUT2D eigenvalue weighted by Crippen LogP contribution is 2.51. The molecular formula is C48H47N. The van der Waals surface area contributed by atoms with Gasteiger partial charge in [0.2, 0.25) is 0 Å². The second kappa shape index (κ2) is 9.97. The zero-order valence-corrected chi connectivity index (χ0v) is 30.5. The van der Waals surface area contributed by atoms with Crippen LogP contribution in [0.1, 0.15) is 99.4 Å². The summed E-state index contributed by atoms with van der Waals surface area (Å²) in [6, 6.07) is 35.2. The quantitative estimate of drug-likeness (QED) is 0.169. The first kappa shape index (κ1) is 30.4. The number of hydrogen-bond donors (Lipinski definition) is 0. The second-order valence-electron chi connectivity index (χ2n) is 16.7. The first-order valence-corrected chi connectivity index (χ1v) is 18.1. The Hall–Kier alpha value is -4.62. The van der Waals surface area contributed by atoms with Gasteiger partial charge in [0, 0.05) is 21.6 Å². The van der Waals surface area contributed by atoms with Gasteiger partial charge in [0.1, 0.15) is 0 Å². The van der Waals surface area contributed by atoms with E-state index in [2.05, 4.69) is 170 Å². The number of aromatic nitrogens is 1. The Labute approximate surface area is 292 Å². The molecule has 1 aliphatic heterocycles. The van der Waals surface area contributed by atoms with Crippen molar-refractivity contribution in [3.8, 4) is 16.8 Å². The van der Waals surface area contributed by atoms with E-state index in [1.807, 2.05) is 0 Å². The van der Waals surface area contributed by atoms with Gasteiger partial charge in [0.15, 0.2) is 0 Å². The highest BCUT2D eigenvalue weighted by Gasteiger charge is 2.39. The molecule has 6 aromatic rings. The van der Waals surface area contributed by atoms with Gasteiger partial charge in [0.05, 0.1) is 16.7 Å². The zero-order chi connectivity index (χ0) is 34.2.